The van der Waals surface area contributed by atoms with Gasteiger partial charge in [0.05, 0.1) is 0 Å². The second-order valence-corrected chi connectivity index (χ2v) is 10.3. The maximum Gasteiger partial charge on any atom is 0.308 e. The summed E-state index contributed by atoms with van der Waals surface area (Å²) < 4.78 is 11.1. The van der Waals surface area contributed by atoms with Crippen LogP contribution in [0.5, 0.6) is 11.5 Å². The third kappa shape index (κ3) is 10.5. The van der Waals surface area contributed by atoms with E-state index in [-0.39, 0.29) is 11.9 Å². The zero-order valence-corrected chi connectivity index (χ0v) is 22.7. The summed E-state index contributed by atoms with van der Waals surface area (Å²) in [5.41, 5.74) is 2.24. The Morgan fingerprint density at radius 2 is 1.09 bits per heavy atom. The number of carbonyl (C=O) groups is 2. The lowest BCUT2D eigenvalue weighted by molar-refractivity contribution is -0.132. The van der Waals surface area contributed by atoms with E-state index in [1.165, 1.54) is 39.5 Å². The second kappa shape index (κ2) is 16.4. The molecule has 0 radical (unpaired) electrons. The lowest BCUT2D eigenvalue weighted by Gasteiger charge is -2.23. The van der Waals surface area contributed by atoms with Crippen molar-refractivity contribution in [2.24, 2.45) is 0 Å². The minimum atomic E-state index is -0.282. The van der Waals surface area contributed by atoms with Crippen molar-refractivity contribution in [3.8, 4) is 11.5 Å². The van der Waals surface area contributed by atoms with E-state index in [4.69, 9.17) is 9.47 Å². The Bertz CT molecular complexity index is 837. The Labute approximate surface area is 216 Å². The molecule has 0 N–H and O–H groups in total. The number of rotatable bonds is 16. The summed E-state index contributed by atoms with van der Waals surface area (Å²) in [5.74, 6) is 3.36. The van der Waals surface area contributed by atoms with Crippen molar-refractivity contribution in [1.82, 2.24) is 0 Å². The number of para-hydroxylation sites is 2. The third-order valence-electron chi connectivity index (χ3n) is 6.18. The largest absolute Gasteiger partial charge is 0.426 e. The topological polar surface area (TPSA) is 52.6 Å². The van der Waals surface area contributed by atoms with Gasteiger partial charge >= 0.3 is 11.9 Å². The first-order chi connectivity index (χ1) is 17.0. The molecule has 2 atom stereocenters. The van der Waals surface area contributed by atoms with Gasteiger partial charge in [-0.25, -0.2) is 0 Å². The van der Waals surface area contributed by atoms with Crippen molar-refractivity contribution >= 4 is 23.7 Å². The average molecular weight is 499 g/mol. The molecule has 2 aromatic carbocycles. The van der Waals surface area contributed by atoms with Gasteiger partial charge in [-0.1, -0.05) is 88.8 Å². The number of ether oxygens (including phenoxy) is 2. The molecule has 0 aliphatic carbocycles. The lowest BCUT2D eigenvalue weighted by atomic mass is 9.94. The molecular formula is C30H42O4S. The van der Waals surface area contributed by atoms with Crippen LogP contribution in [-0.4, -0.2) is 23.4 Å². The molecule has 2 rings (SSSR count). The van der Waals surface area contributed by atoms with Gasteiger partial charge in [0, 0.05) is 25.4 Å². The standard InChI is InChI=1S/C30H42O4S/c1-5-7-9-15-25(27-17-11-13-19-29(27)33-23(3)31)21-35-22-26(16-10-8-6-2)28-18-12-14-20-30(28)34-24(4)32/h11-14,17-20,25-26H,5-10,15-16,21-22H2,1-4H3. The number of esters is 2. The fourth-order valence-corrected chi connectivity index (χ4v) is 5.82. The molecule has 0 amide bonds. The zero-order chi connectivity index (χ0) is 25.5. The van der Waals surface area contributed by atoms with Crippen LogP contribution in [0.1, 0.15) is 102 Å². The summed E-state index contributed by atoms with van der Waals surface area (Å²) in [6, 6.07) is 15.9. The minimum Gasteiger partial charge on any atom is -0.426 e. The molecule has 0 bridgehead atoms. The molecule has 0 aromatic heterocycles. The molecular weight excluding hydrogens is 456 g/mol. The highest BCUT2D eigenvalue weighted by Gasteiger charge is 2.21. The quantitative estimate of drug-likeness (QED) is 0.132. The van der Waals surface area contributed by atoms with E-state index in [0.29, 0.717) is 23.3 Å². The monoisotopic (exact) mass is 498 g/mol. The van der Waals surface area contributed by atoms with Gasteiger partial charge in [0.15, 0.2) is 0 Å². The van der Waals surface area contributed by atoms with E-state index in [1.807, 2.05) is 48.2 Å². The van der Waals surface area contributed by atoms with Crippen molar-refractivity contribution in [3.05, 3.63) is 59.7 Å². The van der Waals surface area contributed by atoms with Crippen molar-refractivity contribution in [2.45, 2.75) is 90.9 Å². The molecule has 2 aromatic rings. The van der Waals surface area contributed by atoms with Crippen LogP contribution in [0.2, 0.25) is 0 Å². The molecule has 35 heavy (non-hydrogen) atoms. The number of hydrogen-bond acceptors (Lipinski definition) is 5. The van der Waals surface area contributed by atoms with Gasteiger partial charge in [-0.15, -0.1) is 0 Å². The average Bonchev–Trinajstić information content (AvgIpc) is 2.82. The highest BCUT2D eigenvalue weighted by atomic mass is 32.2. The number of benzene rings is 2. The number of thioether (sulfide) groups is 1. The Hall–Kier alpha value is -2.27. The normalized spacial score (nSPS) is 12.7. The fourth-order valence-electron chi connectivity index (χ4n) is 4.42. The van der Waals surface area contributed by atoms with Crippen LogP contribution in [-0.2, 0) is 9.59 Å². The Balaban J connectivity index is 2.18. The predicted octanol–water partition coefficient (Wildman–Crippen LogP) is 8.30. The van der Waals surface area contributed by atoms with Crippen LogP contribution in [0, 0.1) is 0 Å². The van der Waals surface area contributed by atoms with Crippen LogP contribution < -0.4 is 9.47 Å². The maximum atomic E-state index is 11.7. The molecule has 5 heteroatoms. The molecule has 0 fully saturated rings. The highest BCUT2D eigenvalue weighted by molar-refractivity contribution is 7.99. The Morgan fingerprint density at radius 1 is 0.686 bits per heavy atom. The van der Waals surface area contributed by atoms with Crippen LogP contribution in [0.4, 0.5) is 0 Å². The summed E-state index contributed by atoms with van der Waals surface area (Å²) in [4.78, 5) is 23.4. The van der Waals surface area contributed by atoms with E-state index < -0.39 is 0 Å². The zero-order valence-electron chi connectivity index (χ0n) is 21.9. The summed E-state index contributed by atoms with van der Waals surface area (Å²) >= 11 is 1.95. The number of carbonyl (C=O) groups excluding carboxylic acids is 2. The van der Waals surface area contributed by atoms with Gasteiger partial charge in [-0.2, -0.15) is 11.8 Å². The van der Waals surface area contributed by atoms with Crippen molar-refractivity contribution in [3.63, 3.8) is 0 Å². The fraction of sp³-hybridized carbons (Fsp3) is 0.533. The van der Waals surface area contributed by atoms with Gasteiger partial charge < -0.3 is 9.47 Å². The molecule has 192 valence electrons. The summed E-state index contributed by atoms with van der Waals surface area (Å²) in [6.07, 6.45) is 9.22. The van der Waals surface area contributed by atoms with E-state index in [9.17, 15) is 9.59 Å². The molecule has 0 saturated heterocycles. The van der Waals surface area contributed by atoms with Crippen molar-refractivity contribution in [2.75, 3.05) is 11.5 Å². The second-order valence-electron chi connectivity index (χ2n) is 9.19. The smallest absolute Gasteiger partial charge is 0.308 e. The number of unbranched alkanes of at least 4 members (excludes halogenated alkanes) is 4. The molecule has 2 unspecified atom stereocenters. The van der Waals surface area contributed by atoms with Crippen molar-refractivity contribution < 1.29 is 19.1 Å². The van der Waals surface area contributed by atoms with Crippen LogP contribution in [0.25, 0.3) is 0 Å². The van der Waals surface area contributed by atoms with Crippen LogP contribution in [0.3, 0.4) is 0 Å². The van der Waals surface area contributed by atoms with E-state index >= 15 is 0 Å². The Morgan fingerprint density at radius 3 is 1.46 bits per heavy atom. The molecule has 0 spiro atoms. The highest BCUT2D eigenvalue weighted by Crippen LogP contribution is 2.37. The predicted molar refractivity (Wildman–Crippen MR) is 147 cm³/mol. The molecule has 0 heterocycles. The molecule has 0 aliphatic rings. The van der Waals surface area contributed by atoms with Gasteiger partial charge in [0.1, 0.15) is 11.5 Å². The summed E-state index contributed by atoms with van der Waals surface area (Å²) in [5, 5.41) is 0. The van der Waals surface area contributed by atoms with E-state index in [1.54, 1.807) is 0 Å². The van der Waals surface area contributed by atoms with Gasteiger partial charge in [0.2, 0.25) is 0 Å². The minimum absolute atomic E-state index is 0.282. The first kappa shape index (κ1) is 29.0. The lowest BCUT2D eigenvalue weighted by Crippen LogP contribution is -2.11. The van der Waals surface area contributed by atoms with Crippen molar-refractivity contribution in [1.29, 1.82) is 0 Å². The number of hydrogen-bond donors (Lipinski definition) is 0. The van der Waals surface area contributed by atoms with E-state index in [2.05, 4.69) is 26.0 Å². The first-order valence-corrected chi connectivity index (χ1v) is 14.2. The van der Waals surface area contributed by atoms with Gasteiger partial charge in [-0.3, -0.25) is 9.59 Å². The summed E-state index contributed by atoms with van der Waals surface area (Å²) in [7, 11) is 0. The molecule has 4 nitrogen and oxygen atoms in total. The first-order valence-electron chi connectivity index (χ1n) is 13.1. The third-order valence-corrected chi connectivity index (χ3v) is 7.45. The maximum absolute atomic E-state index is 11.7. The van der Waals surface area contributed by atoms with Crippen LogP contribution in [0.15, 0.2) is 48.5 Å². The van der Waals surface area contributed by atoms with Crippen LogP contribution >= 0.6 is 11.8 Å². The van der Waals surface area contributed by atoms with Gasteiger partial charge in [-0.05, 0) is 47.9 Å². The van der Waals surface area contributed by atoms with E-state index in [0.717, 1.165) is 48.3 Å². The Kier molecular flexibility index (Phi) is 13.6. The van der Waals surface area contributed by atoms with Gasteiger partial charge in [0.25, 0.3) is 0 Å². The summed E-state index contributed by atoms with van der Waals surface area (Å²) in [6.45, 7) is 7.36. The molecule has 0 saturated carbocycles. The SMILES string of the molecule is CCCCCC(CSCC(CCCCC)c1ccccc1OC(C)=O)c1ccccc1OC(C)=O. The molecule has 0 aliphatic heterocycles.